The van der Waals surface area contributed by atoms with Gasteiger partial charge in [-0.3, -0.25) is 9.10 Å². The van der Waals surface area contributed by atoms with E-state index in [0.717, 1.165) is 35.1 Å². The molecule has 1 aliphatic heterocycles. The molecule has 0 bridgehead atoms. The number of nitrogens with one attached hydrogen (secondary N) is 1. The molecule has 1 N–H and O–H groups in total. The van der Waals surface area contributed by atoms with Gasteiger partial charge in [0.15, 0.2) is 0 Å². The van der Waals surface area contributed by atoms with Crippen molar-refractivity contribution in [2.45, 2.75) is 32.7 Å². The summed E-state index contributed by atoms with van der Waals surface area (Å²) in [6, 6.07) is 14.8. The lowest BCUT2D eigenvalue weighted by molar-refractivity contribution is 0.0940. The van der Waals surface area contributed by atoms with Gasteiger partial charge in [0.2, 0.25) is 10.0 Å². The van der Waals surface area contributed by atoms with E-state index in [0.29, 0.717) is 11.3 Å². The van der Waals surface area contributed by atoms with Gasteiger partial charge in [-0.15, -0.1) is 0 Å². The molecule has 162 valence electrons. The highest BCUT2D eigenvalue weighted by atomic mass is 32.2. The number of carbonyl (C=O) groups is 1. The summed E-state index contributed by atoms with van der Waals surface area (Å²) in [6.07, 6.45) is 3.58. The number of hydrogen-bond acceptors (Lipinski definition) is 4. The number of rotatable bonds is 6. The van der Waals surface area contributed by atoms with Crippen molar-refractivity contribution in [3.8, 4) is 0 Å². The normalized spacial score (nSPS) is 16.2. The first-order valence-corrected chi connectivity index (χ1v) is 12.2. The van der Waals surface area contributed by atoms with E-state index in [-0.39, 0.29) is 11.9 Å². The van der Waals surface area contributed by atoms with Crippen LogP contribution in [0.5, 0.6) is 0 Å². The summed E-state index contributed by atoms with van der Waals surface area (Å²) in [5, 5.41) is 3.00. The molecule has 30 heavy (non-hydrogen) atoms. The van der Waals surface area contributed by atoms with Crippen LogP contribution in [0, 0.1) is 5.92 Å². The van der Waals surface area contributed by atoms with Crippen LogP contribution in [-0.2, 0) is 10.0 Å². The van der Waals surface area contributed by atoms with E-state index in [1.807, 2.05) is 6.92 Å². The van der Waals surface area contributed by atoms with E-state index in [2.05, 4.69) is 41.4 Å². The third-order valence-electron chi connectivity index (χ3n) is 5.86. The van der Waals surface area contributed by atoms with Crippen molar-refractivity contribution in [2.75, 3.05) is 35.6 Å². The average molecular weight is 430 g/mol. The van der Waals surface area contributed by atoms with Crippen molar-refractivity contribution in [1.29, 1.82) is 0 Å². The molecule has 3 rings (SSSR count). The topological polar surface area (TPSA) is 69.7 Å². The Bertz CT molecular complexity index is 981. The molecule has 7 heteroatoms. The molecule has 0 aliphatic carbocycles. The molecule has 0 unspecified atom stereocenters. The second kappa shape index (κ2) is 9.08. The van der Waals surface area contributed by atoms with Gasteiger partial charge in [0.25, 0.3) is 5.91 Å². The fourth-order valence-electron chi connectivity index (χ4n) is 3.64. The summed E-state index contributed by atoms with van der Waals surface area (Å²) in [5.74, 6) is 0.562. The van der Waals surface area contributed by atoms with Gasteiger partial charge in [0.1, 0.15) is 0 Å². The van der Waals surface area contributed by atoms with Crippen molar-refractivity contribution < 1.29 is 13.2 Å². The molecule has 2 aromatic rings. The van der Waals surface area contributed by atoms with Crippen molar-refractivity contribution in [3.63, 3.8) is 0 Å². The quantitative estimate of drug-likeness (QED) is 0.758. The van der Waals surface area contributed by atoms with Crippen LogP contribution in [0.2, 0.25) is 0 Å². The molecule has 2 aromatic carbocycles. The monoisotopic (exact) mass is 429 g/mol. The van der Waals surface area contributed by atoms with E-state index in [9.17, 15) is 13.2 Å². The van der Waals surface area contributed by atoms with Crippen LogP contribution in [0.1, 0.15) is 48.7 Å². The minimum absolute atomic E-state index is 0.163. The summed E-state index contributed by atoms with van der Waals surface area (Å²) in [7, 11) is -1.91. The van der Waals surface area contributed by atoms with Gasteiger partial charge < -0.3 is 10.2 Å². The summed E-state index contributed by atoms with van der Waals surface area (Å²) in [4.78, 5) is 15.1. The second-order valence-corrected chi connectivity index (χ2v) is 10.3. The molecule has 1 amide bonds. The molecular formula is C23H31N3O3S. The Kier molecular flexibility index (Phi) is 6.71. The molecule has 0 radical (unpaired) electrons. The van der Waals surface area contributed by atoms with Crippen LogP contribution < -0.4 is 14.5 Å². The van der Waals surface area contributed by atoms with Crippen LogP contribution in [0.4, 0.5) is 11.4 Å². The highest BCUT2D eigenvalue weighted by molar-refractivity contribution is 7.92. The zero-order valence-electron chi connectivity index (χ0n) is 18.1. The molecule has 1 heterocycles. The predicted molar refractivity (Wildman–Crippen MR) is 123 cm³/mol. The number of piperidine rings is 1. The fraction of sp³-hybridized carbons (Fsp3) is 0.435. The van der Waals surface area contributed by atoms with Gasteiger partial charge in [0, 0.05) is 31.4 Å². The maximum atomic E-state index is 12.7. The number of benzene rings is 2. The molecule has 0 saturated carbocycles. The molecule has 1 atom stereocenters. The number of anilines is 2. The van der Waals surface area contributed by atoms with Gasteiger partial charge in [-0.05, 0) is 61.6 Å². The van der Waals surface area contributed by atoms with Crippen molar-refractivity contribution >= 4 is 27.3 Å². The Morgan fingerprint density at radius 3 is 2.37 bits per heavy atom. The third-order valence-corrected chi connectivity index (χ3v) is 7.06. The van der Waals surface area contributed by atoms with Gasteiger partial charge in [-0.25, -0.2) is 8.42 Å². The van der Waals surface area contributed by atoms with E-state index in [4.69, 9.17) is 0 Å². The third kappa shape index (κ3) is 5.33. The highest BCUT2D eigenvalue weighted by Crippen LogP contribution is 2.25. The van der Waals surface area contributed by atoms with Crippen molar-refractivity contribution in [2.24, 2.45) is 5.92 Å². The largest absolute Gasteiger partial charge is 0.372 e. The molecule has 1 fully saturated rings. The Morgan fingerprint density at radius 2 is 1.77 bits per heavy atom. The molecule has 0 spiro atoms. The fourth-order valence-corrected chi connectivity index (χ4v) is 4.13. The molecular weight excluding hydrogens is 398 g/mol. The smallest absolute Gasteiger partial charge is 0.251 e. The molecule has 1 aliphatic rings. The maximum absolute atomic E-state index is 12.7. The lowest BCUT2D eigenvalue weighted by atomic mass is 9.98. The van der Waals surface area contributed by atoms with E-state index < -0.39 is 10.0 Å². The number of hydrogen-bond donors (Lipinski definition) is 1. The number of amides is 1. The predicted octanol–water partition coefficient (Wildman–Crippen LogP) is 3.81. The van der Waals surface area contributed by atoms with Gasteiger partial charge in [-0.2, -0.15) is 0 Å². The highest BCUT2D eigenvalue weighted by Gasteiger charge is 2.18. The summed E-state index contributed by atoms with van der Waals surface area (Å²) >= 11 is 0. The average Bonchev–Trinajstić information content (AvgIpc) is 2.73. The first kappa shape index (κ1) is 22.2. The second-order valence-electron chi connectivity index (χ2n) is 8.24. The Morgan fingerprint density at radius 1 is 1.13 bits per heavy atom. The Hall–Kier alpha value is -2.54. The van der Waals surface area contributed by atoms with Crippen LogP contribution in [0.3, 0.4) is 0 Å². The number of carbonyl (C=O) groups excluding carboxylic acids is 1. The maximum Gasteiger partial charge on any atom is 0.251 e. The Labute approximate surface area is 179 Å². The first-order chi connectivity index (χ1) is 14.1. The summed E-state index contributed by atoms with van der Waals surface area (Å²) in [5.41, 5.74) is 3.13. The minimum atomic E-state index is -3.38. The zero-order chi connectivity index (χ0) is 21.9. The lowest BCUT2D eigenvalue weighted by Crippen LogP contribution is -2.32. The SMILES string of the molecule is CC1CCN(c2ccc([C@@H](C)NC(=O)c3cccc(N(C)S(C)(=O)=O)c3)cc2)CC1. The standard InChI is InChI=1S/C23H31N3O3S/c1-17-12-14-26(15-13-17)21-10-8-19(9-11-21)18(2)24-23(27)20-6-5-7-22(16-20)25(3)30(4,28)29/h5-11,16-18H,12-15H2,1-4H3,(H,24,27)/t18-/m1/s1. The van der Waals surface area contributed by atoms with Gasteiger partial charge >= 0.3 is 0 Å². The van der Waals surface area contributed by atoms with E-state index in [1.165, 1.54) is 25.6 Å². The van der Waals surface area contributed by atoms with Crippen molar-refractivity contribution in [1.82, 2.24) is 5.32 Å². The molecule has 6 nitrogen and oxygen atoms in total. The molecule has 1 saturated heterocycles. The van der Waals surface area contributed by atoms with E-state index >= 15 is 0 Å². The zero-order valence-corrected chi connectivity index (χ0v) is 18.9. The first-order valence-electron chi connectivity index (χ1n) is 10.3. The summed E-state index contributed by atoms with van der Waals surface area (Å²) in [6.45, 7) is 6.43. The van der Waals surface area contributed by atoms with Crippen LogP contribution in [-0.4, -0.2) is 40.7 Å². The lowest BCUT2D eigenvalue weighted by Gasteiger charge is -2.32. The Balaban J connectivity index is 1.66. The van der Waals surface area contributed by atoms with Crippen LogP contribution in [0.15, 0.2) is 48.5 Å². The molecule has 0 aromatic heterocycles. The summed E-state index contributed by atoms with van der Waals surface area (Å²) < 4.78 is 24.7. The van der Waals surface area contributed by atoms with E-state index in [1.54, 1.807) is 24.3 Å². The van der Waals surface area contributed by atoms with Gasteiger partial charge in [-0.1, -0.05) is 25.1 Å². The number of nitrogens with zero attached hydrogens (tertiary/aromatic N) is 2. The number of sulfonamides is 1. The van der Waals surface area contributed by atoms with Crippen LogP contribution in [0.25, 0.3) is 0 Å². The minimum Gasteiger partial charge on any atom is -0.372 e. The van der Waals surface area contributed by atoms with Crippen molar-refractivity contribution in [3.05, 3.63) is 59.7 Å². The van der Waals surface area contributed by atoms with Gasteiger partial charge in [0.05, 0.1) is 18.0 Å². The van der Waals surface area contributed by atoms with Crippen LogP contribution >= 0.6 is 0 Å².